The minimum atomic E-state index is -0.112. The zero-order valence-corrected chi connectivity index (χ0v) is 29.3. The lowest BCUT2D eigenvalue weighted by Crippen LogP contribution is -2.27. The fourth-order valence-electron chi connectivity index (χ4n) is 6.13. The highest BCUT2D eigenvalue weighted by Gasteiger charge is 2.25. The summed E-state index contributed by atoms with van der Waals surface area (Å²) in [5.74, 6) is 0.610. The number of carbonyl (C=O) groups excluding carboxylic acids is 1. The molecule has 5 aromatic rings. The Morgan fingerprint density at radius 3 is 2.32 bits per heavy atom. The van der Waals surface area contributed by atoms with Crippen LogP contribution in [0.3, 0.4) is 0 Å². The molecular weight excluding hydrogens is 621 g/mol. The molecule has 0 radical (unpaired) electrons. The molecule has 0 unspecified atom stereocenters. The summed E-state index contributed by atoms with van der Waals surface area (Å²) in [6, 6.07) is 30.4. The molecular formula is C42H46N6O2. The van der Waals surface area contributed by atoms with E-state index in [2.05, 4.69) is 95.3 Å². The number of anilines is 1. The molecule has 50 heavy (non-hydrogen) atoms. The predicted octanol–water partition coefficient (Wildman–Crippen LogP) is 8.43. The minimum Gasteiger partial charge on any atom is -0.385 e. The minimum absolute atomic E-state index is 0.112. The first-order valence-corrected chi connectivity index (χ1v) is 17.1. The number of allylic oxidation sites excluding steroid dienone is 1. The Kier molecular flexibility index (Phi) is 10.5. The van der Waals surface area contributed by atoms with Crippen LogP contribution in [0.4, 0.5) is 5.69 Å². The number of nitrogens with zero attached hydrogens (tertiary/aromatic N) is 3. The first-order chi connectivity index (χ1) is 24.2. The summed E-state index contributed by atoms with van der Waals surface area (Å²) >= 11 is 0. The van der Waals surface area contributed by atoms with Gasteiger partial charge >= 0.3 is 0 Å². The van der Waals surface area contributed by atoms with Crippen LogP contribution in [0.15, 0.2) is 116 Å². The summed E-state index contributed by atoms with van der Waals surface area (Å²) in [5.41, 5.74) is 14.6. The van der Waals surface area contributed by atoms with Crippen molar-refractivity contribution in [1.82, 2.24) is 25.3 Å². The largest absolute Gasteiger partial charge is 0.385 e. The summed E-state index contributed by atoms with van der Waals surface area (Å²) in [7, 11) is 3.27. The van der Waals surface area contributed by atoms with Gasteiger partial charge in [-0.3, -0.25) is 15.1 Å². The molecule has 0 bridgehead atoms. The van der Waals surface area contributed by atoms with Gasteiger partial charge in [-0.1, -0.05) is 79.9 Å². The standard InChI is InChI=1S/C42H46N6O2/c1-28(2)35-17-18-36(39(25-35)46-50-6)27-47(26-31-11-12-31)29(3)23-24-44-30(4)32-19-21-37(22-20-32)48-40-10-8-7-9-38(40)41(45-48)33-13-15-34(16-14-33)42(49)43-5/h7-10,13-22,25,31,44,46H,1,3-4,11-12,23-24,26-27H2,2,5-6H3,(H,43,49). The van der Waals surface area contributed by atoms with Crippen molar-refractivity contribution < 1.29 is 9.63 Å². The van der Waals surface area contributed by atoms with Crippen LogP contribution >= 0.6 is 0 Å². The molecule has 6 rings (SSSR count). The Morgan fingerprint density at radius 1 is 0.940 bits per heavy atom. The van der Waals surface area contributed by atoms with Crippen LogP contribution in [0, 0.1) is 5.92 Å². The maximum Gasteiger partial charge on any atom is 0.251 e. The Bertz CT molecular complexity index is 2020. The van der Waals surface area contributed by atoms with E-state index in [0.717, 1.165) is 99.2 Å². The highest BCUT2D eigenvalue weighted by molar-refractivity contribution is 5.97. The van der Waals surface area contributed by atoms with Crippen molar-refractivity contribution in [3.05, 3.63) is 139 Å². The molecule has 0 aliphatic heterocycles. The summed E-state index contributed by atoms with van der Waals surface area (Å²) in [4.78, 5) is 19.8. The van der Waals surface area contributed by atoms with E-state index in [9.17, 15) is 4.79 Å². The second-order valence-electron chi connectivity index (χ2n) is 13.0. The SMILES string of the molecule is C=C(C)c1ccc(CN(CC2CC2)C(=C)CCNC(=C)c2ccc(-n3nc(-c4ccc(C(=O)NC)cc4)c4ccccc43)cc2)c(NOC)c1. The molecule has 8 nitrogen and oxygen atoms in total. The third-order valence-corrected chi connectivity index (χ3v) is 9.25. The third kappa shape index (κ3) is 7.82. The fraction of sp³-hybridized carbons (Fsp3) is 0.238. The molecule has 4 aromatic carbocycles. The van der Waals surface area contributed by atoms with E-state index < -0.39 is 0 Å². The number of para-hydroxylation sites is 1. The van der Waals surface area contributed by atoms with Crippen LogP contribution in [0.25, 0.3) is 39.1 Å². The Balaban J connectivity index is 1.11. The van der Waals surface area contributed by atoms with Gasteiger partial charge in [0.25, 0.3) is 5.91 Å². The number of carbonyl (C=O) groups is 1. The van der Waals surface area contributed by atoms with Crippen molar-refractivity contribution in [2.45, 2.75) is 32.7 Å². The van der Waals surface area contributed by atoms with Crippen molar-refractivity contribution in [3.63, 3.8) is 0 Å². The molecule has 0 atom stereocenters. The summed E-state index contributed by atoms with van der Waals surface area (Å²) < 4.78 is 1.97. The number of nitrogens with one attached hydrogen (secondary N) is 3. The highest BCUT2D eigenvalue weighted by atomic mass is 16.6. The van der Waals surface area contributed by atoms with Gasteiger partial charge in [0.2, 0.25) is 0 Å². The maximum absolute atomic E-state index is 12.0. The van der Waals surface area contributed by atoms with Crippen molar-refractivity contribution in [1.29, 1.82) is 0 Å². The van der Waals surface area contributed by atoms with Gasteiger partial charge < -0.3 is 15.5 Å². The number of rotatable bonds is 16. The topological polar surface area (TPSA) is 83.5 Å². The van der Waals surface area contributed by atoms with E-state index in [4.69, 9.17) is 9.94 Å². The molecule has 3 N–H and O–H groups in total. The van der Waals surface area contributed by atoms with Crippen LogP contribution in [0.1, 0.15) is 53.2 Å². The molecule has 0 saturated heterocycles. The van der Waals surface area contributed by atoms with Gasteiger partial charge in [-0.2, -0.15) is 5.10 Å². The summed E-state index contributed by atoms with van der Waals surface area (Å²) in [6.45, 7) is 17.4. The first kappa shape index (κ1) is 34.3. The average Bonchev–Trinajstić information content (AvgIpc) is 3.88. The highest BCUT2D eigenvalue weighted by Crippen LogP contribution is 2.33. The van der Waals surface area contributed by atoms with Crippen LogP contribution in [0.5, 0.6) is 0 Å². The zero-order chi connectivity index (χ0) is 35.2. The molecule has 1 fully saturated rings. The molecule has 1 heterocycles. The lowest BCUT2D eigenvalue weighted by Gasteiger charge is -2.28. The van der Waals surface area contributed by atoms with E-state index in [-0.39, 0.29) is 5.91 Å². The molecule has 256 valence electrons. The Labute approximate surface area is 295 Å². The monoisotopic (exact) mass is 666 g/mol. The third-order valence-electron chi connectivity index (χ3n) is 9.25. The molecule has 1 aromatic heterocycles. The van der Waals surface area contributed by atoms with Crippen LogP contribution in [0.2, 0.25) is 0 Å². The maximum atomic E-state index is 12.0. The zero-order valence-electron chi connectivity index (χ0n) is 29.3. The van der Waals surface area contributed by atoms with E-state index in [0.29, 0.717) is 5.56 Å². The second kappa shape index (κ2) is 15.3. The van der Waals surface area contributed by atoms with E-state index in [1.807, 2.05) is 48.0 Å². The fourth-order valence-corrected chi connectivity index (χ4v) is 6.13. The lowest BCUT2D eigenvalue weighted by molar-refractivity contribution is 0.0963. The number of hydrogen-bond donors (Lipinski definition) is 3. The van der Waals surface area contributed by atoms with Gasteiger partial charge in [0.15, 0.2) is 0 Å². The average molecular weight is 667 g/mol. The van der Waals surface area contributed by atoms with Crippen molar-refractivity contribution in [2.75, 3.05) is 32.7 Å². The number of amides is 1. The van der Waals surface area contributed by atoms with Crippen LogP contribution < -0.4 is 16.1 Å². The van der Waals surface area contributed by atoms with E-state index in [1.54, 1.807) is 14.2 Å². The van der Waals surface area contributed by atoms with Crippen molar-refractivity contribution in [3.8, 4) is 16.9 Å². The second-order valence-corrected chi connectivity index (χ2v) is 13.0. The number of benzene rings is 4. The van der Waals surface area contributed by atoms with Gasteiger partial charge in [0.05, 0.1) is 24.0 Å². The summed E-state index contributed by atoms with van der Waals surface area (Å²) in [6.07, 6.45) is 3.34. The smallest absolute Gasteiger partial charge is 0.251 e. The Morgan fingerprint density at radius 2 is 1.64 bits per heavy atom. The van der Waals surface area contributed by atoms with Crippen LogP contribution in [-0.4, -0.2) is 47.8 Å². The number of fused-ring (bicyclic) bond motifs is 1. The van der Waals surface area contributed by atoms with Crippen LogP contribution in [-0.2, 0) is 11.4 Å². The molecule has 8 heteroatoms. The summed E-state index contributed by atoms with van der Waals surface area (Å²) in [5, 5.41) is 12.3. The predicted molar refractivity (Wildman–Crippen MR) is 206 cm³/mol. The molecule has 1 aliphatic carbocycles. The first-order valence-electron chi connectivity index (χ1n) is 17.1. The van der Waals surface area contributed by atoms with Crippen molar-refractivity contribution >= 4 is 33.8 Å². The number of hydrogen-bond acceptors (Lipinski definition) is 6. The lowest BCUT2D eigenvalue weighted by atomic mass is 10.0. The quantitative estimate of drug-likeness (QED) is 0.0918. The normalized spacial score (nSPS) is 12.4. The Hall–Kier alpha value is -5.60. The van der Waals surface area contributed by atoms with Gasteiger partial charge in [-0.15, -0.1) is 0 Å². The van der Waals surface area contributed by atoms with Gasteiger partial charge in [-0.25, -0.2) is 4.68 Å². The van der Waals surface area contributed by atoms with E-state index in [1.165, 1.54) is 12.8 Å². The number of aromatic nitrogens is 2. The molecule has 1 amide bonds. The van der Waals surface area contributed by atoms with Gasteiger partial charge in [0, 0.05) is 61.0 Å². The molecule has 1 aliphatic rings. The van der Waals surface area contributed by atoms with Gasteiger partial charge in [0.1, 0.15) is 5.69 Å². The van der Waals surface area contributed by atoms with Crippen molar-refractivity contribution in [2.24, 2.45) is 5.92 Å². The van der Waals surface area contributed by atoms with E-state index >= 15 is 0 Å². The molecule has 0 spiro atoms. The van der Waals surface area contributed by atoms with Gasteiger partial charge in [-0.05, 0) is 78.8 Å². The molecule has 1 saturated carbocycles.